The first-order valence-electron chi connectivity index (χ1n) is 5.54. The summed E-state index contributed by atoms with van der Waals surface area (Å²) in [6.07, 6.45) is 0.847. The van der Waals surface area contributed by atoms with Crippen LogP contribution in [0.5, 0.6) is 0 Å². The number of ether oxygens (including phenoxy) is 2. The first-order valence-corrected chi connectivity index (χ1v) is 5.54. The molecule has 0 aromatic heterocycles. The molecule has 0 spiro atoms. The van der Waals surface area contributed by atoms with E-state index in [1.165, 1.54) is 11.1 Å². The predicted molar refractivity (Wildman–Crippen MR) is 65.4 cm³/mol. The zero-order valence-corrected chi connectivity index (χ0v) is 10.3. The molecule has 90 valence electrons. The van der Waals surface area contributed by atoms with Crippen molar-refractivity contribution < 1.29 is 9.47 Å². The average molecular weight is 223 g/mol. The fraction of sp³-hybridized carbons (Fsp3) is 0.538. The summed E-state index contributed by atoms with van der Waals surface area (Å²) in [5.74, 6) is 0. The lowest BCUT2D eigenvalue weighted by Crippen LogP contribution is -2.20. The van der Waals surface area contributed by atoms with Gasteiger partial charge in [-0.1, -0.05) is 24.3 Å². The van der Waals surface area contributed by atoms with Gasteiger partial charge < -0.3 is 15.2 Å². The van der Waals surface area contributed by atoms with Gasteiger partial charge in [-0.05, 0) is 24.5 Å². The van der Waals surface area contributed by atoms with Crippen molar-refractivity contribution in [2.75, 3.05) is 20.8 Å². The Bertz CT molecular complexity index is 313. The smallest absolute Gasteiger partial charge is 0.106 e. The van der Waals surface area contributed by atoms with E-state index in [1.54, 1.807) is 14.2 Å². The normalized spacial score (nSPS) is 14.8. The molecule has 0 aliphatic rings. The number of benzene rings is 1. The maximum atomic E-state index is 5.84. The molecule has 0 amide bonds. The molecule has 3 nitrogen and oxygen atoms in total. The van der Waals surface area contributed by atoms with Crippen molar-refractivity contribution in [2.24, 2.45) is 5.73 Å². The summed E-state index contributed by atoms with van der Waals surface area (Å²) in [6.45, 7) is 2.57. The van der Waals surface area contributed by atoms with Crippen molar-refractivity contribution in [3.63, 3.8) is 0 Å². The van der Waals surface area contributed by atoms with Gasteiger partial charge in [0.05, 0.1) is 6.61 Å². The summed E-state index contributed by atoms with van der Waals surface area (Å²) in [5, 5.41) is 0. The molecule has 2 atom stereocenters. The molecule has 1 rings (SSSR count). The van der Waals surface area contributed by atoms with Crippen LogP contribution in [0.2, 0.25) is 0 Å². The van der Waals surface area contributed by atoms with Crippen LogP contribution in [-0.4, -0.2) is 26.9 Å². The van der Waals surface area contributed by atoms with Gasteiger partial charge in [0.15, 0.2) is 0 Å². The molecule has 0 saturated carbocycles. The summed E-state index contributed by atoms with van der Waals surface area (Å²) in [6, 6.07) is 8.37. The lowest BCUT2D eigenvalue weighted by Gasteiger charge is -2.19. The SMILES string of the molecule is COCC(OC)c1ccccc1CC(C)N. The van der Waals surface area contributed by atoms with Crippen molar-refractivity contribution in [1.29, 1.82) is 0 Å². The molecule has 2 N–H and O–H groups in total. The Labute approximate surface area is 97.6 Å². The van der Waals surface area contributed by atoms with E-state index in [9.17, 15) is 0 Å². The monoisotopic (exact) mass is 223 g/mol. The van der Waals surface area contributed by atoms with Gasteiger partial charge in [0.1, 0.15) is 6.10 Å². The highest BCUT2D eigenvalue weighted by atomic mass is 16.5. The molecule has 2 unspecified atom stereocenters. The molecule has 0 aliphatic heterocycles. The molecule has 3 heteroatoms. The quantitative estimate of drug-likeness (QED) is 0.801. The van der Waals surface area contributed by atoms with Crippen LogP contribution < -0.4 is 5.73 Å². The molecule has 0 aliphatic carbocycles. The Morgan fingerprint density at radius 2 is 1.94 bits per heavy atom. The molecular formula is C13H21NO2. The van der Waals surface area contributed by atoms with E-state index in [0.29, 0.717) is 6.61 Å². The topological polar surface area (TPSA) is 44.5 Å². The van der Waals surface area contributed by atoms with Gasteiger partial charge in [-0.2, -0.15) is 0 Å². The first-order chi connectivity index (χ1) is 7.69. The molecule has 0 fully saturated rings. The number of methoxy groups -OCH3 is 2. The number of nitrogens with two attached hydrogens (primary N) is 1. The highest BCUT2D eigenvalue weighted by Gasteiger charge is 2.14. The van der Waals surface area contributed by atoms with E-state index in [1.807, 2.05) is 19.1 Å². The van der Waals surface area contributed by atoms with Crippen LogP contribution in [0.25, 0.3) is 0 Å². The van der Waals surface area contributed by atoms with Crippen molar-refractivity contribution in [1.82, 2.24) is 0 Å². The maximum Gasteiger partial charge on any atom is 0.106 e. The van der Waals surface area contributed by atoms with Crippen molar-refractivity contribution in [3.8, 4) is 0 Å². The van der Waals surface area contributed by atoms with Gasteiger partial charge in [0.2, 0.25) is 0 Å². The lowest BCUT2D eigenvalue weighted by atomic mass is 9.97. The van der Waals surface area contributed by atoms with Crippen molar-refractivity contribution >= 4 is 0 Å². The van der Waals surface area contributed by atoms with Crippen LogP contribution in [0, 0.1) is 0 Å². The molecule has 16 heavy (non-hydrogen) atoms. The Morgan fingerprint density at radius 3 is 2.50 bits per heavy atom. The van der Waals surface area contributed by atoms with Gasteiger partial charge >= 0.3 is 0 Å². The van der Waals surface area contributed by atoms with E-state index in [-0.39, 0.29) is 12.1 Å². The highest BCUT2D eigenvalue weighted by molar-refractivity contribution is 5.30. The molecule has 0 heterocycles. The Hall–Kier alpha value is -0.900. The minimum absolute atomic E-state index is 0.0139. The van der Waals surface area contributed by atoms with Gasteiger partial charge in [-0.3, -0.25) is 0 Å². The molecule has 1 aromatic carbocycles. The molecule has 0 bridgehead atoms. The summed E-state index contributed by atoms with van der Waals surface area (Å²) in [7, 11) is 3.38. The first kappa shape index (κ1) is 13.2. The average Bonchev–Trinajstić information content (AvgIpc) is 2.26. The van der Waals surface area contributed by atoms with Crippen LogP contribution in [0.1, 0.15) is 24.2 Å². The van der Waals surface area contributed by atoms with Crippen LogP contribution in [-0.2, 0) is 15.9 Å². The fourth-order valence-electron chi connectivity index (χ4n) is 1.82. The second-order valence-electron chi connectivity index (χ2n) is 4.06. The zero-order chi connectivity index (χ0) is 12.0. The minimum Gasteiger partial charge on any atom is -0.382 e. The number of hydrogen-bond acceptors (Lipinski definition) is 3. The van der Waals surface area contributed by atoms with E-state index in [0.717, 1.165) is 6.42 Å². The van der Waals surface area contributed by atoms with Gasteiger partial charge in [-0.15, -0.1) is 0 Å². The largest absolute Gasteiger partial charge is 0.382 e. The Balaban J connectivity index is 2.91. The predicted octanol–water partition coefficient (Wildman–Crippen LogP) is 1.91. The van der Waals surface area contributed by atoms with Crippen molar-refractivity contribution in [3.05, 3.63) is 35.4 Å². The maximum absolute atomic E-state index is 5.84. The Morgan fingerprint density at radius 1 is 1.25 bits per heavy atom. The van der Waals surface area contributed by atoms with Crippen LogP contribution in [0.4, 0.5) is 0 Å². The van der Waals surface area contributed by atoms with E-state index in [2.05, 4.69) is 12.1 Å². The van der Waals surface area contributed by atoms with Gasteiger partial charge in [0.25, 0.3) is 0 Å². The van der Waals surface area contributed by atoms with E-state index < -0.39 is 0 Å². The third-order valence-electron chi connectivity index (χ3n) is 2.55. The molecule has 0 saturated heterocycles. The summed E-state index contributed by atoms with van der Waals surface area (Å²) >= 11 is 0. The summed E-state index contributed by atoms with van der Waals surface area (Å²) < 4.78 is 10.6. The zero-order valence-electron chi connectivity index (χ0n) is 10.3. The molecule has 0 radical (unpaired) electrons. The summed E-state index contributed by atoms with van der Waals surface area (Å²) in [4.78, 5) is 0. The van der Waals surface area contributed by atoms with Crippen LogP contribution >= 0.6 is 0 Å². The number of rotatable bonds is 6. The Kier molecular flexibility index (Phi) is 5.46. The highest BCUT2D eigenvalue weighted by Crippen LogP contribution is 2.22. The third-order valence-corrected chi connectivity index (χ3v) is 2.55. The lowest BCUT2D eigenvalue weighted by molar-refractivity contribution is 0.0269. The van der Waals surface area contributed by atoms with Gasteiger partial charge in [-0.25, -0.2) is 0 Å². The van der Waals surface area contributed by atoms with E-state index in [4.69, 9.17) is 15.2 Å². The van der Waals surface area contributed by atoms with Gasteiger partial charge in [0, 0.05) is 20.3 Å². The second-order valence-corrected chi connectivity index (χ2v) is 4.06. The van der Waals surface area contributed by atoms with Crippen molar-refractivity contribution in [2.45, 2.75) is 25.5 Å². The molecule has 1 aromatic rings. The van der Waals surface area contributed by atoms with Crippen LogP contribution in [0.15, 0.2) is 24.3 Å². The third kappa shape index (κ3) is 3.59. The second kappa shape index (κ2) is 6.63. The molecular weight excluding hydrogens is 202 g/mol. The van der Waals surface area contributed by atoms with E-state index >= 15 is 0 Å². The minimum atomic E-state index is -0.0139. The fourth-order valence-corrected chi connectivity index (χ4v) is 1.82. The number of hydrogen-bond donors (Lipinski definition) is 1. The standard InChI is InChI=1S/C13H21NO2/c1-10(14)8-11-6-4-5-7-12(11)13(16-3)9-15-2/h4-7,10,13H,8-9,14H2,1-3H3. The van der Waals surface area contributed by atoms with Crippen LogP contribution in [0.3, 0.4) is 0 Å². The summed E-state index contributed by atoms with van der Waals surface area (Å²) in [5.41, 5.74) is 8.24.